The van der Waals surface area contributed by atoms with Crippen molar-refractivity contribution in [1.29, 1.82) is 0 Å². The minimum absolute atomic E-state index is 0.301. The van der Waals surface area contributed by atoms with Crippen LogP contribution in [0.3, 0.4) is 0 Å². The minimum atomic E-state index is -1.17. The molecule has 0 saturated heterocycles. The smallest absolute Gasteiger partial charge is 0.257 e. The van der Waals surface area contributed by atoms with Crippen LogP contribution in [0.25, 0.3) is 22.9 Å². The van der Waals surface area contributed by atoms with E-state index in [1.807, 2.05) is 6.07 Å². The van der Waals surface area contributed by atoms with Crippen molar-refractivity contribution in [3.05, 3.63) is 53.6 Å². The van der Waals surface area contributed by atoms with Gasteiger partial charge in [-0.15, -0.1) is 10.2 Å². The number of halogens is 2. The Hall–Kier alpha value is -2.37. The normalized spacial score (nSPS) is 11.5. The highest BCUT2D eigenvalue weighted by atomic mass is 35.5. The fraction of sp³-hybridized carbons (Fsp3) is 0.318. The van der Waals surface area contributed by atoms with Gasteiger partial charge in [-0.05, 0) is 35.1 Å². The number of amides is 1. The number of rotatable bonds is 6. The molecule has 5 nitrogen and oxygen atoms in total. The average Bonchev–Trinajstić information content (AvgIpc) is 3.17. The first-order valence-corrected chi connectivity index (χ1v) is 10.3. The van der Waals surface area contributed by atoms with Crippen LogP contribution in [0.15, 0.2) is 46.9 Å². The summed E-state index contributed by atoms with van der Waals surface area (Å²) in [6.45, 7) is 8.55. The maximum atomic E-state index is 11.9. The van der Waals surface area contributed by atoms with E-state index in [-0.39, 0.29) is 0 Å². The van der Waals surface area contributed by atoms with Gasteiger partial charge in [-0.3, -0.25) is 4.79 Å². The van der Waals surface area contributed by atoms with E-state index < -0.39 is 10.7 Å². The molecule has 3 rings (SSSR count). The number of nitrogens with zero attached hydrogens (tertiary/aromatic N) is 2. The van der Waals surface area contributed by atoms with Crippen LogP contribution in [0.2, 0.25) is 0 Å². The summed E-state index contributed by atoms with van der Waals surface area (Å²) in [5.74, 6) is 0.851. The van der Waals surface area contributed by atoms with Crippen molar-refractivity contribution < 1.29 is 9.21 Å². The van der Waals surface area contributed by atoms with E-state index in [1.54, 1.807) is 18.2 Å². The summed E-state index contributed by atoms with van der Waals surface area (Å²) in [7, 11) is 0. The van der Waals surface area contributed by atoms with Crippen molar-refractivity contribution >= 4 is 34.8 Å². The number of hydrogen-bond donors (Lipinski definition) is 1. The van der Waals surface area contributed by atoms with Gasteiger partial charge >= 0.3 is 0 Å². The standard InChI is InChI=1S/C22H23Cl2N3O2/c1-12(2)14-9-7-10-15(13(3)4)18(14)22-27-26-21(29-22)16-8-5-6-11-17(16)25-20(28)19(23)24/h5-13,19H,1-4H3,(H,25,28). The SMILES string of the molecule is CC(C)c1cccc(C(C)C)c1-c1nnc(-c2ccccc2NC(=O)C(Cl)Cl)o1. The van der Waals surface area contributed by atoms with Gasteiger partial charge in [0.05, 0.1) is 11.3 Å². The fourth-order valence-electron chi connectivity index (χ4n) is 3.20. The monoisotopic (exact) mass is 431 g/mol. The lowest BCUT2D eigenvalue weighted by molar-refractivity contribution is -0.114. The molecular weight excluding hydrogens is 409 g/mol. The molecule has 0 fully saturated rings. The molecule has 29 heavy (non-hydrogen) atoms. The lowest BCUT2D eigenvalue weighted by Gasteiger charge is -2.16. The first-order chi connectivity index (χ1) is 13.8. The number of hydrogen-bond acceptors (Lipinski definition) is 4. The lowest BCUT2D eigenvalue weighted by atomic mass is 9.88. The van der Waals surface area contributed by atoms with Crippen molar-refractivity contribution in [3.8, 4) is 22.9 Å². The molecule has 0 spiro atoms. The van der Waals surface area contributed by atoms with E-state index in [0.717, 1.165) is 16.7 Å². The maximum Gasteiger partial charge on any atom is 0.257 e. The number of carbonyl (C=O) groups excluding carboxylic acids is 1. The zero-order valence-electron chi connectivity index (χ0n) is 16.7. The van der Waals surface area contributed by atoms with Gasteiger partial charge < -0.3 is 9.73 Å². The highest BCUT2D eigenvalue weighted by Gasteiger charge is 2.22. The van der Waals surface area contributed by atoms with Gasteiger partial charge in [0, 0.05) is 5.56 Å². The van der Waals surface area contributed by atoms with E-state index in [4.69, 9.17) is 27.6 Å². The minimum Gasteiger partial charge on any atom is -0.416 e. The third-order valence-corrected chi connectivity index (χ3v) is 5.02. The zero-order chi connectivity index (χ0) is 21.1. The number of alkyl halides is 2. The quantitative estimate of drug-likeness (QED) is 0.458. The first kappa shape index (κ1) is 21.3. The Morgan fingerprint density at radius 3 is 2.07 bits per heavy atom. The van der Waals surface area contributed by atoms with Crippen molar-refractivity contribution in [2.24, 2.45) is 0 Å². The third-order valence-electron chi connectivity index (χ3n) is 4.63. The van der Waals surface area contributed by atoms with Gasteiger partial charge in [-0.2, -0.15) is 0 Å². The Balaban J connectivity index is 2.07. The van der Waals surface area contributed by atoms with Crippen LogP contribution in [0.5, 0.6) is 0 Å². The summed E-state index contributed by atoms with van der Waals surface area (Å²) in [6, 6.07) is 13.4. The van der Waals surface area contributed by atoms with Gasteiger partial charge in [0.1, 0.15) is 0 Å². The summed E-state index contributed by atoms with van der Waals surface area (Å²) < 4.78 is 6.08. The Morgan fingerprint density at radius 2 is 1.48 bits per heavy atom. The number of nitrogens with one attached hydrogen (secondary N) is 1. The van der Waals surface area contributed by atoms with Crippen molar-refractivity contribution in [2.75, 3.05) is 5.32 Å². The average molecular weight is 432 g/mol. The van der Waals surface area contributed by atoms with Crippen LogP contribution in [0.4, 0.5) is 5.69 Å². The molecule has 0 unspecified atom stereocenters. The molecule has 1 amide bonds. The molecule has 152 valence electrons. The van der Waals surface area contributed by atoms with Crippen molar-refractivity contribution in [3.63, 3.8) is 0 Å². The molecule has 1 N–H and O–H groups in total. The Labute approximate surface area is 180 Å². The van der Waals surface area contributed by atoms with Crippen molar-refractivity contribution in [1.82, 2.24) is 10.2 Å². The predicted octanol–water partition coefficient (Wildman–Crippen LogP) is 6.39. The highest BCUT2D eigenvalue weighted by Crippen LogP contribution is 2.37. The second-order valence-corrected chi connectivity index (χ2v) is 8.47. The summed E-state index contributed by atoms with van der Waals surface area (Å²) in [4.78, 5) is 10.7. The van der Waals surface area contributed by atoms with Crippen molar-refractivity contribution in [2.45, 2.75) is 44.4 Å². The lowest BCUT2D eigenvalue weighted by Crippen LogP contribution is -2.18. The Kier molecular flexibility index (Phi) is 6.60. The van der Waals surface area contributed by atoms with Gasteiger partial charge in [-0.1, -0.05) is 81.2 Å². The van der Waals surface area contributed by atoms with E-state index in [2.05, 4.69) is 61.4 Å². The summed E-state index contributed by atoms with van der Waals surface area (Å²) in [6.07, 6.45) is 0. The molecule has 0 saturated carbocycles. The molecule has 3 aromatic rings. The Morgan fingerprint density at radius 1 is 0.897 bits per heavy atom. The van der Waals surface area contributed by atoms with E-state index in [1.165, 1.54) is 0 Å². The van der Waals surface area contributed by atoms with Gasteiger partial charge in [0.25, 0.3) is 5.91 Å². The number of para-hydroxylation sites is 1. The predicted molar refractivity (Wildman–Crippen MR) is 117 cm³/mol. The maximum absolute atomic E-state index is 11.9. The second kappa shape index (κ2) is 8.97. The molecule has 2 aromatic carbocycles. The number of anilines is 1. The van der Waals surface area contributed by atoms with Crippen LogP contribution in [0, 0.1) is 0 Å². The van der Waals surface area contributed by atoms with Crippen LogP contribution in [0.1, 0.15) is 50.7 Å². The van der Waals surface area contributed by atoms with E-state index >= 15 is 0 Å². The van der Waals surface area contributed by atoms with Crippen LogP contribution >= 0.6 is 23.2 Å². The second-order valence-electron chi connectivity index (χ2n) is 7.37. The molecule has 0 aliphatic rings. The number of aromatic nitrogens is 2. The zero-order valence-corrected chi connectivity index (χ0v) is 18.3. The first-order valence-electron chi connectivity index (χ1n) is 9.44. The molecular formula is C22H23Cl2N3O2. The summed E-state index contributed by atoms with van der Waals surface area (Å²) >= 11 is 11.3. The molecule has 0 radical (unpaired) electrons. The van der Waals surface area contributed by atoms with Gasteiger partial charge in [-0.25, -0.2) is 0 Å². The van der Waals surface area contributed by atoms with Crippen LogP contribution in [-0.4, -0.2) is 20.9 Å². The van der Waals surface area contributed by atoms with Crippen LogP contribution in [-0.2, 0) is 4.79 Å². The van der Waals surface area contributed by atoms with E-state index in [0.29, 0.717) is 34.9 Å². The molecule has 0 aliphatic carbocycles. The molecule has 0 atom stereocenters. The summed E-state index contributed by atoms with van der Waals surface area (Å²) in [5, 5.41) is 11.3. The molecule has 0 aliphatic heterocycles. The van der Waals surface area contributed by atoms with Gasteiger partial charge in [0.15, 0.2) is 4.84 Å². The topological polar surface area (TPSA) is 68.0 Å². The summed E-state index contributed by atoms with van der Waals surface area (Å²) in [5.41, 5.74) is 4.38. The molecule has 7 heteroatoms. The largest absolute Gasteiger partial charge is 0.416 e. The highest BCUT2D eigenvalue weighted by molar-refractivity contribution is 6.54. The fourth-order valence-corrected chi connectivity index (χ4v) is 3.31. The number of benzene rings is 2. The third kappa shape index (κ3) is 4.62. The van der Waals surface area contributed by atoms with Crippen LogP contribution < -0.4 is 5.32 Å². The molecule has 1 aromatic heterocycles. The Bertz CT molecular complexity index is 987. The van der Waals surface area contributed by atoms with E-state index in [9.17, 15) is 4.79 Å². The number of carbonyl (C=O) groups is 1. The molecule has 1 heterocycles. The molecule has 0 bridgehead atoms. The van der Waals surface area contributed by atoms with Gasteiger partial charge in [0.2, 0.25) is 11.8 Å².